The van der Waals surface area contributed by atoms with E-state index in [4.69, 9.17) is 15.9 Å². The molecule has 0 aromatic carbocycles. The number of carboxylic acid groups (broad SMARTS) is 3. The van der Waals surface area contributed by atoms with Gasteiger partial charge in [-0.1, -0.05) is 13.8 Å². The van der Waals surface area contributed by atoms with Crippen LogP contribution in [0, 0.1) is 5.92 Å². The molecule has 0 fully saturated rings. The number of amides is 3. The van der Waals surface area contributed by atoms with Crippen LogP contribution in [-0.4, -0.2) is 87.1 Å². The minimum atomic E-state index is -1.59. The second kappa shape index (κ2) is 15.9. The van der Waals surface area contributed by atoms with Crippen molar-refractivity contribution in [2.75, 3.05) is 12.0 Å². The number of rotatable bonds is 17. The van der Waals surface area contributed by atoms with E-state index in [1.54, 1.807) is 6.26 Å². The van der Waals surface area contributed by atoms with Gasteiger partial charge in [-0.2, -0.15) is 11.8 Å². The van der Waals surface area contributed by atoms with Gasteiger partial charge in [0.05, 0.1) is 12.5 Å². The Balaban J connectivity index is 5.55. The maximum Gasteiger partial charge on any atom is 0.326 e. The van der Waals surface area contributed by atoms with Gasteiger partial charge in [0.2, 0.25) is 17.7 Å². The zero-order valence-corrected chi connectivity index (χ0v) is 20.2. The topological polar surface area (TPSA) is 225 Å². The van der Waals surface area contributed by atoms with Crippen LogP contribution >= 0.6 is 11.8 Å². The fraction of sp³-hybridized carbons (Fsp3) is 0.700. The van der Waals surface area contributed by atoms with E-state index in [1.165, 1.54) is 11.8 Å². The van der Waals surface area contributed by atoms with E-state index < -0.39 is 72.6 Å². The summed E-state index contributed by atoms with van der Waals surface area (Å²) in [5.74, 6) is -6.25. The van der Waals surface area contributed by atoms with E-state index in [1.807, 2.05) is 13.8 Å². The van der Waals surface area contributed by atoms with Crippen molar-refractivity contribution in [1.29, 1.82) is 0 Å². The molecule has 4 atom stereocenters. The van der Waals surface area contributed by atoms with Crippen molar-refractivity contribution in [3.05, 3.63) is 0 Å². The first-order valence-corrected chi connectivity index (χ1v) is 12.0. The number of carboxylic acids is 3. The summed E-state index contributed by atoms with van der Waals surface area (Å²) >= 11 is 1.36. The van der Waals surface area contributed by atoms with E-state index in [0.29, 0.717) is 5.75 Å². The van der Waals surface area contributed by atoms with Crippen molar-refractivity contribution < 1.29 is 44.1 Å². The Bertz CT molecular complexity index is 748. The molecule has 0 rings (SSSR count). The third-order valence-electron chi connectivity index (χ3n) is 4.58. The SMILES string of the molecule is CSCCC(NC(=O)C(CCC(=O)O)NC(=O)C(CC(=O)O)NC(=O)C(N)CC(C)C)C(=O)O. The summed E-state index contributed by atoms with van der Waals surface area (Å²) < 4.78 is 0. The van der Waals surface area contributed by atoms with Crippen LogP contribution in [-0.2, 0) is 28.8 Å². The Kier molecular flexibility index (Phi) is 14.5. The molecule has 0 aliphatic carbocycles. The molecule has 0 spiro atoms. The lowest BCUT2D eigenvalue weighted by molar-refractivity contribution is -0.143. The van der Waals surface area contributed by atoms with Crippen LogP contribution in [0.3, 0.4) is 0 Å². The lowest BCUT2D eigenvalue weighted by Gasteiger charge is -2.24. The predicted octanol–water partition coefficient (Wildman–Crippen LogP) is -1.01. The van der Waals surface area contributed by atoms with Crippen molar-refractivity contribution >= 4 is 47.4 Å². The number of aliphatic carboxylic acids is 3. The van der Waals surface area contributed by atoms with Crippen molar-refractivity contribution in [2.24, 2.45) is 11.7 Å². The predicted molar refractivity (Wildman–Crippen MR) is 123 cm³/mol. The summed E-state index contributed by atoms with van der Waals surface area (Å²) in [6.07, 6.45) is 0.389. The van der Waals surface area contributed by atoms with Gasteiger partial charge in [0.15, 0.2) is 0 Å². The zero-order chi connectivity index (χ0) is 26.4. The third-order valence-corrected chi connectivity index (χ3v) is 5.22. The largest absolute Gasteiger partial charge is 0.481 e. The second-order valence-corrected chi connectivity index (χ2v) is 9.06. The van der Waals surface area contributed by atoms with Crippen LogP contribution in [0.1, 0.15) is 46.0 Å². The van der Waals surface area contributed by atoms with Gasteiger partial charge in [0, 0.05) is 6.42 Å². The van der Waals surface area contributed by atoms with Gasteiger partial charge in [0.25, 0.3) is 0 Å². The Morgan fingerprint density at radius 3 is 1.79 bits per heavy atom. The standard InChI is InChI=1S/C20H34N4O9S/c1-10(2)8-11(21)17(29)24-14(9-16(27)28)19(31)22-12(4-5-15(25)26)18(30)23-13(20(32)33)6-7-34-3/h10-14H,4-9,21H2,1-3H3,(H,22,31)(H,23,30)(H,24,29)(H,25,26)(H,27,28)(H,32,33). The third kappa shape index (κ3) is 13.0. The van der Waals surface area contributed by atoms with Gasteiger partial charge < -0.3 is 37.0 Å². The van der Waals surface area contributed by atoms with E-state index in [0.717, 1.165) is 0 Å². The second-order valence-electron chi connectivity index (χ2n) is 8.07. The smallest absolute Gasteiger partial charge is 0.326 e. The van der Waals surface area contributed by atoms with Gasteiger partial charge in [-0.3, -0.25) is 24.0 Å². The number of hydrogen-bond donors (Lipinski definition) is 7. The molecule has 0 heterocycles. The minimum absolute atomic E-state index is 0.0601. The molecule has 8 N–H and O–H groups in total. The van der Waals surface area contributed by atoms with E-state index in [-0.39, 0.29) is 25.2 Å². The normalized spacial score (nSPS) is 14.4. The molecule has 0 radical (unpaired) electrons. The highest BCUT2D eigenvalue weighted by Gasteiger charge is 2.31. The van der Waals surface area contributed by atoms with Crippen molar-refractivity contribution in [2.45, 2.75) is 70.1 Å². The Morgan fingerprint density at radius 2 is 1.32 bits per heavy atom. The van der Waals surface area contributed by atoms with Gasteiger partial charge in [-0.25, -0.2) is 4.79 Å². The minimum Gasteiger partial charge on any atom is -0.481 e. The quantitative estimate of drug-likeness (QED) is 0.126. The van der Waals surface area contributed by atoms with Gasteiger partial charge >= 0.3 is 17.9 Å². The molecular weight excluding hydrogens is 472 g/mol. The van der Waals surface area contributed by atoms with Crippen LogP contribution in [0.4, 0.5) is 0 Å². The Morgan fingerprint density at radius 1 is 0.794 bits per heavy atom. The summed E-state index contributed by atoms with van der Waals surface area (Å²) in [4.78, 5) is 71.3. The van der Waals surface area contributed by atoms with Crippen LogP contribution in [0.5, 0.6) is 0 Å². The molecule has 0 saturated carbocycles. The van der Waals surface area contributed by atoms with Gasteiger partial charge in [-0.05, 0) is 37.2 Å². The number of nitrogens with two attached hydrogens (primary N) is 1. The summed E-state index contributed by atoms with van der Waals surface area (Å²) in [5, 5.41) is 34.1. The molecule has 34 heavy (non-hydrogen) atoms. The number of carbonyl (C=O) groups excluding carboxylic acids is 3. The molecule has 3 amide bonds. The molecule has 0 aliphatic rings. The van der Waals surface area contributed by atoms with E-state index >= 15 is 0 Å². The van der Waals surface area contributed by atoms with Crippen LogP contribution in [0.2, 0.25) is 0 Å². The Labute approximate surface area is 201 Å². The molecule has 0 aromatic rings. The van der Waals surface area contributed by atoms with Crippen LogP contribution in [0.25, 0.3) is 0 Å². The summed E-state index contributed by atoms with van der Waals surface area (Å²) in [7, 11) is 0. The molecule has 13 nitrogen and oxygen atoms in total. The average molecular weight is 507 g/mol. The fourth-order valence-electron chi connectivity index (χ4n) is 2.85. The molecule has 194 valence electrons. The molecular formula is C20H34N4O9S. The molecule has 0 bridgehead atoms. The first-order valence-electron chi connectivity index (χ1n) is 10.6. The molecule has 0 aromatic heterocycles. The number of carbonyl (C=O) groups is 6. The maximum absolute atomic E-state index is 12.7. The first-order chi connectivity index (χ1) is 15.8. The lowest BCUT2D eigenvalue weighted by Crippen LogP contribution is -2.57. The maximum atomic E-state index is 12.7. The number of hydrogen-bond acceptors (Lipinski definition) is 8. The number of thioether (sulfide) groups is 1. The summed E-state index contributed by atoms with van der Waals surface area (Å²) in [6, 6.07) is -5.33. The van der Waals surface area contributed by atoms with Crippen LogP contribution in [0.15, 0.2) is 0 Å². The van der Waals surface area contributed by atoms with E-state index in [9.17, 15) is 33.9 Å². The number of nitrogens with one attached hydrogen (secondary N) is 3. The van der Waals surface area contributed by atoms with Gasteiger partial charge in [-0.15, -0.1) is 0 Å². The molecule has 4 unspecified atom stereocenters. The van der Waals surface area contributed by atoms with Crippen molar-refractivity contribution in [1.82, 2.24) is 16.0 Å². The fourth-order valence-corrected chi connectivity index (χ4v) is 3.32. The van der Waals surface area contributed by atoms with Crippen molar-refractivity contribution in [3.8, 4) is 0 Å². The average Bonchev–Trinajstić information content (AvgIpc) is 2.71. The van der Waals surface area contributed by atoms with Crippen LogP contribution < -0.4 is 21.7 Å². The summed E-state index contributed by atoms with van der Waals surface area (Å²) in [6.45, 7) is 3.65. The zero-order valence-electron chi connectivity index (χ0n) is 19.4. The first kappa shape index (κ1) is 31.1. The highest BCUT2D eigenvalue weighted by molar-refractivity contribution is 7.98. The monoisotopic (exact) mass is 506 g/mol. The highest BCUT2D eigenvalue weighted by atomic mass is 32.2. The molecule has 14 heteroatoms. The highest BCUT2D eigenvalue weighted by Crippen LogP contribution is 2.07. The molecule has 0 aliphatic heterocycles. The summed E-state index contributed by atoms with van der Waals surface area (Å²) in [5.41, 5.74) is 5.77. The molecule has 0 saturated heterocycles. The van der Waals surface area contributed by atoms with Crippen molar-refractivity contribution in [3.63, 3.8) is 0 Å². The Hall–Kier alpha value is -2.87. The van der Waals surface area contributed by atoms with Gasteiger partial charge in [0.1, 0.15) is 18.1 Å². The lowest BCUT2D eigenvalue weighted by atomic mass is 10.0. The van der Waals surface area contributed by atoms with E-state index in [2.05, 4.69) is 16.0 Å².